The molecule has 138 valence electrons. The maximum absolute atomic E-state index is 12.6. The van der Waals surface area contributed by atoms with Gasteiger partial charge in [0, 0.05) is 6.07 Å². The van der Waals surface area contributed by atoms with Gasteiger partial charge in [0.1, 0.15) is 16.4 Å². The first-order valence-electron chi connectivity index (χ1n) is 7.21. The van der Waals surface area contributed by atoms with Crippen molar-refractivity contribution in [2.75, 3.05) is 21.3 Å². The Balaban J connectivity index is 2.49. The van der Waals surface area contributed by atoms with Gasteiger partial charge in [0.05, 0.1) is 32.5 Å². The van der Waals surface area contributed by atoms with E-state index in [1.807, 2.05) is 0 Å². The normalized spacial score (nSPS) is 10.7. The van der Waals surface area contributed by atoms with E-state index < -0.39 is 27.0 Å². The van der Waals surface area contributed by atoms with Crippen LogP contribution in [0.5, 0.6) is 11.5 Å². The van der Waals surface area contributed by atoms with Crippen LogP contribution in [-0.4, -0.2) is 41.7 Å². The SMILES string of the molecule is COC(=O)c1cc(C(=O)OC)cc(S(=O)(=O)Oc2cccc(OC)c2)c1. The second kappa shape index (κ2) is 7.87. The van der Waals surface area contributed by atoms with Crippen LogP contribution in [0.4, 0.5) is 0 Å². The van der Waals surface area contributed by atoms with E-state index in [2.05, 4.69) is 9.47 Å². The summed E-state index contributed by atoms with van der Waals surface area (Å²) in [6.45, 7) is 0. The van der Waals surface area contributed by atoms with Gasteiger partial charge in [-0.05, 0) is 30.3 Å². The molecule has 8 nitrogen and oxygen atoms in total. The van der Waals surface area contributed by atoms with Gasteiger partial charge in [0.25, 0.3) is 0 Å². The van der Waals surface area contributed by atoms with Crippen molar-refractivity contribution >= 4 is 22.1 Å². The number of carbonyl (C=O) groups excluding carboxylic acids is 2. The van der Waals surface area contributed by atoms with E-state index in [4.69, 9.17) is 8.92 Å². The van der Waals surface area contributed by atoms with Gasteiger partial charge in [-0.3, -0.25) is 0 Å². The topological polar surface area (TPSA) is 105 Å². The lowest BCUT2D eigenvalue weighted by atomic mass is 10.1. The summed E-state index contributed by atoms with van der Waals surface area (Å²) >= 11 is 0. The molecule has 0 heterocycles. The molecule has 0 radical (unpaired) electrons. The third-order valence-electron chi connectivity index (χ3n) is 3.28. The third-order valence-corrected chi connectivity index (χ3v) is 4.51. The summed E-state index contributed by atoms with van der Waals surface area (Å²) in [5, 5.41) is 0. The molecule has 0 spiro atoms. The maximum Gasteiger partial charge on any atom is 0.339 e. The average Bonchev–Trinajstić information content (AvgIpc) is 2.66. The van der Waals surface area contributed by atoms with E-state index in [9.17, 15) is 18.0 Å². The number of benzene rings is 2. The predicted molar refractivity (Wildman–Crippen MR) is 89.9 cm³/mol. The zero-order chi connectivity index (χ0) is 19.3. The molecule has 0 unspecified atom stereocenters. The predicted octanol–water partition coefficient (Wildman–Crippen LogP) is 2.04. The van der Waals surface area contributed by atoms with Crippen molar-refractivity contribution in [3.63, 3.8) is 0 Å². The van der Waals surface area contributed by atoms with E-state index in [0.717, 1.165) is 26.4 Å². The van der Waals surface area contributed by atoms with E-state index >= 15 is 0 Å². The summed E-state index contributed by atoms with van der Waals surface area (Å²) in [7, 11) is -0.645. The van der Waals surface area contributed by atoms with Crippen LogP contribution in [-0.2, 0) is 19.6 Å². The lowest BCUT2D eigenvalue weighted by Crippen LogP contribution is -2.14. The number of ether oxygens (including phenoxy) is 3. The lowest BCUT2D eigenvalue weighted by Gasteiger charge is -2.10. The van der Waals surface area contributed by atoms with Crippen molar-refractivity contribution in [1.29, 1.82) is 0 Å². The third kappa shape index (κ3) is 4.31. The van der Waals surface area contributed by atoms with Gasteiger partial charge in [-0.15, -0.1) is 0 Å². The van der Waals surface area contributed by atoms with Crippen LogP contribution in [0.25, 0.3) is 0 Å². The largest absolute Gasteiger partial charge is 0.497 e. The van der Waals surface area contributed by atoms with Crippen LogP contribution in [0.15, 0.2) is 47.4 Å². The van der Waals surface area contributed by atoms with E-state index in [1.54, 1.807) is 12.1 Å². The van der Waals surface area contributed by atoms with Crippen molar-refractivity contribution in [1.82, 2.24) is 0 Å². The minimum absolute atomic E-state index is 0.00689. The van der Waals surface area contributed by atoms with Crippen molar-refractivity contribution in [2.45, 2.75) is 4.90 Å². The van der Waals surface area contributed by atoms with Gasteiger partial charge in [-0.1, -0.05) is 6.07 Å². The fourth-order valence-corrected chi connectivity index (χ4v) is 3.04. The Kier molecular flexibility index (Phi) is 5.83. The number of carbonyl (C=O) groups is 2. The van der Waals surface area contributed by atoms with Gasteiger partial charge >= 0.3 is 22.1 Å². The van der Waals surface area contributed by atoms with Crippen LogP contribution < -0.4 is 8.92 Å². The highest BCUT2D eigenvalue weighted by Gasteiger charge is 2.23. The first-order chi connectivity index (χ1) is 12.3. The van der Waals surface area contributed by atoms with E-state index in [-0.39, 0.29) is 16.9 Å². The molecular weight excluding hydrogens is 364 g/mol. The Bertz CT molecular complexity index is 899. The summed E-state index contributed by atoms with van der Waals surface area (Å²) in [4.78, 5) is 23.1. The summed E-state index contributed by atoms with van der Waals surface area (Å²) in [5.74, 6) is -1.22. The Morgan fingerprint density at radius 3 is 1.85 bits per heavy atom. The summed E-state index contributed by atoms with van der Waals surface area (Å²) in [5.41, 5.74) is -0.272. The first kappa shape index (κ1) is 19.3. The van der Waals surface area contributed by atoms with Crippen LogP contribution in [0.1, 0.15) is 20.7 Å². The molecule has 9 heteroatoms. The minimum atomic E-state index is -4.34. The van der Waals surface area contributed by atoms with Gasteiger partial charge in [-0.2, -0.15) is 8.42 Å². The van der Waals surface area contributed by atoms with Crippen molar-refractivity contribution in [3.05, 3.63) is 53.6 Å². The van der Waals surface area contributed by atoms with Crippen LogP contribution in [0.3, 0.4) is 0 Å². The molecule has 26 heavy (non-hydrogen) atoms. The Hall–Kier alpha value is -3.07. The molecule has 0 bridgehead atoms. The highest BCUT2D eigenvalue weighted by molar-refractivity contribution is 7.87. The highest BCUT2D eigenvalue weighted by atomic mass is 32.2. The Morgan fingerprint density at radius 2 is 1.35 bits per heavy atom. The molecule has 0 aliphatic rings. The van der Waals surface area contributed by atoms with E-state index in [1.165, 1.54) is 25.3 Å². The number of rotatable bonds is 6. The van der Waals surface area contributed by atoms with Crippen LogP contribution >= 0.6 is 0 Å². The van der Waals surface area contributed by atoms with Crippen molar-refractivity contribution < 1.29 is 36.4 Å². The van der Waals surface area contributed by atoms with Gasteiger partial charge < -0.3 is 18.4 Å². The number of hydrogen-bond acceptors (Lipinski definition) is 8. The molecule has 0 aliphatic heterocycles. The lowest BCUT2D eigenvalue weighted by molar-refractivity contribution is 0.0598. The van der Waals surface area contributed by atoms with Gasteiger partial charge in [0.2, 0.25) is 0 Å². The van der Waals surface area contributed by atoms with E-state index in [0.29, 0.717) is 5.75 Å². The van der Waals surface area contributed by atoms with Crippen LogP contribution in [0, 0.1) is 0 Å². The maximum atomic E-state index is 12.6. The molecule has 2 rings (SSSR count). The zero-order valence-electron chi connectivity index (χ0n) is 14.2. The molecule has 0 aliphatic carbocycles. The molecule has 0 N–H and O–H groups in total. The minimum Gasteiger partial charge on any atom is -0.497 e. The smallest absolute Gasteiger partial charge is 0.339 e. The monoisotopic (exact) mass is 380 g/mol. The molecule has 0 fully saturated rings. The quantitative estimate of drug-likeness (QED) is 0.554. The molecule has 0 saturated heterocycles. The molecule has 0 saturated carbocycles. The van der Waals surface area contributed by atoms with Crippen LogP contribution in [0.2, 0.25) is 0 Å². The molecule has 2 aromatic rings. The van der Waals surface area contributed by atoms with Crippen molar-refractivity contribution in [2.24, 2.45) is 0 Å². The molecule has 0 atom stereocenters. The average molecular weight is 380 g/mol. The standard InChI is InChI=1S/C17H16O8S/c1-22-13-5-4-6-14(10-13)25-26(20,21)15-8-11(16(18)23-2)7-12(9-15)17(19)24-3/h4-10H,1-3H3. The molecular formula is C17H16O8S. The summed E-state index contributed by atoms with van der Waals surface area (Å²) in [6, 6.07) is 9.24. The first-order valence-corrected chi connectivity index (χ1v) is 8.62. The Labute approximate surface area is 150 Å². The zero-order valence-corrected chi connectivity index (χ0v) is 15.0. The number of esters is 2. The van der Waals surface area contributed by atoms with Crippen molar-refractivity contribution in [3.8, 4) is 11.5 Å². The van der Waals surface area contributed by atoms with Gasteiger partial charge in [-0.25, -0.2) is 9.59 Å². The fraction of sp³-hybridized carbons (Fsp3) is 0.176. The van der Waals surface area contributed by atoms with Gasteiger partial charge in [0.15, 0.2) is 0 Å². The molecule has 2 aromatic carbocycles. The number of methoxy groups -OCH3 is 3. The summed E-state index contributed by atoms with van der Waals surface area (Å²) < 4.78 is 44.3. The number of hydrogen-bond donors (Lipinski definition) is 0. The second-order valence-corrected chi connectivity index (χ2v) is 6.49. The fourth-order valence-electron chi connectivity index (χ4n) is 2.04. The second-order valence-electron chi connectivity index (χ2n) is 4.95. The molecule has 0 amide bonds. The molecule has 0 aromatic heterocycles. The Morgan fingerprint density at radius 1 is 0.808 bits per heavy atom. The highest BCUT2D eigenvalue weighted by Crippen LogP contribution is 2.24. The summed E-state index contributed by atoms with van der Waals surface area (Å²) in [6.07, 6.45) is 0.